The van der Waals surface area contributed by atoms with Crippen LogP contribution < -0.4 is 27.9 Å². The summed E-state index contributed by atoms with van der Waals surface area (Å²) in [4.78, 5) is 31.7. The van der Waals surface area contributed by atoms with Gasteiger partial charge < -0.3 is 0 Å². The van der Waals surface area contributed by atoms with Gasteiger partial charge in [-0.15, -0.1) is 0 Å². The first-order valence-electron chi connectivity index (χ1n) is 13.6. The number of ether oxygens (including phenoxy) is 4. The number of aromatic amines is 2. The number of aromatic nitrogens is 2. The Morgan fingerprint density at radius 1 is 0.578 bits per heavy atom. The van der Waals surface area contributed by atoms with Crippen molar-refractivity contribution in [1.29, 1.82) is 0 Å². The van der Waals surface area contributed by atoms with Gasteiger partial charge in [0.1, 0.15) is 0 Å². The molecule has 0 atom stereocenters. The number of nitrogens with one attached hydrogen (secondary N) is 2. The van der Waals surface area contributed by atoms with Crippen LogP contribution in [0.25, 0.3) is 44.1 Å². The maximum absolute atomic E-state index is 12.5. The molecule has 11 heteroatoms. The van der Waals surface area contributed by atoms with Gasteiger partial charge in [0.2, 0.25) is 0 Å². The number of carbonyl (C=O) groups excluding carboxylic acids is 2. The van der Waals surface area contributed by atoms with Crippen LogP contribution in [0.2, 0.25) is 0 Å². The van der Waals surface area contributed by atoms with E-state index in [0.29, 0.717) is 45.4 Å². The van der Waals surface area contributed by atoms with Gasteiger partial charge in [0.05, 0.1) is 0 Å². The molecular weight excluding hydrogens is 771 g/mol. The first kappa shape index (κ1) is 31.0. The number of carbonyl (C=O) groups is 2. The van der Waals surface area contributed by atoms with Crippen molar-refractivity contribution in [1.82, 2.24) is 9.97 Å². The van der Waals surface area contributed by atoms with Crippen LogP contribution in [0.4, 0.5) is 0 Å². The molecule has 0 bridgehead atoms. The summed E-state index contributed by atoms with van der Waals surface area (Å²) in [7, 11) is 6.39. The topological polar surface area (TPSA) is 103 Å². The Labute approximate surface area is 281 Å². The van der Waals surface area contributed by atoms with Gasteiger partial charge in [-0.25, -0.2) is 0 Å². The van der Waals surface area contributed by atoms with E-state index in [0.717, 1.165) is 63.5 Å². The standard InChI is InChI=1S/C34H26Br2N2O6Se/c1-41-23-13-25(43-3)33(31-29(23)27(21(15-39)37-31)17-5-9-19(35)10-6-17)45-34-26(44-4)14-24(42-2)30-28(22(16-40)38-32(30)34)18-7-11-20(36)12-8-18/h5-16,37-38H,1-4H3. The van der Waals surface area contributed by atoms with Crippen LogP contribution in [0.5, 0.6) is 23.0 Å². The molecule has 0 saturated heterocycles. The Bertz CT molecular complexity index is 1940. The van der Waals surface area contributed by atoms with E-state index >= 15 is 0 Å². The number of hydrogen-bond acceptors (Lipinski definition) is 6. The molecule has 0 unspecified atom stereocenters. The van der Waals surface area contributed by atoms with Gasteiger partial charge in [-0.05, 0) is 0 Å². The normalized spacial score (nSPS) is 11.2. The summed E-state index contributed by atoms with van der Waals surface area (Å²) >= 11 is 6.51. The molecule has 0 aliphatic carbocycles. The van der Waals surface area contributed by atoms with Crippen molar-refractivity contribution in [2.45, 2.75) is 0 Å². The van der Waals surface area contributed by atoms with Crippen LogP contribution in [-0.2, 0) is 0 Å². The van der Waals surface area contributed by atoms with Gasteiger partial charge in [-0.3, -0.25) is 0 Å². The van der Waals surface area contributed by atoms with Gasteiger partial charge in [-0.2, -0.15) is 0 Å². The number of aldehydes is 2. The molecule has 0 aliphatic rings. The summed E-state index contributed by atoms with van der Waals surface area (Å²) in [6.45, 7) is 0. The molecule has 6 rings (SSSR count). The van der Waals surface area contributed by atoms with Crippen molar-refractivity contribution in [3.8, 4) is 45.3 Å². The molecule has 0 fully saturated rings. The number of H-pyrrole nitrogens is 2. The molecular formula is C34H26Br2N2O6Se. The SMILES string of the molecule is COc1cc(OC)c2c(-c3ccc(Br)cc3)c(C=O)[nH]c2c1[Se]c1c(OC)cc(OC)c2c(-c3ccc(Br)cc3)c(C=O)[nH]c12. The number of fused-ring (bicyclic) bond motifs is 2. The summed E-state index contributed by atoms with van der Waals surface area (Å²) in [6, 6.07) is 19.2. The van der Waals surface area contributed by atoms with E-state index in [1.807, 2.05) is 60.7 Å². The molecule has 2 heterocycles. The van der Waals surface area contributed by atoms with Gasteiger partial charge >= 0.3 is 283 Å². The molecule has 0 radical (unpaired) electrons. The molecule has 2 N–H and O–H groups in total. The zero-order valence-electron chi connectivity index (χ0n) is 24.5. The molecule has 0 aliphatic heterocycles. The van der Waals surface area contributed by atoms with Crippen LogP contribution in [0.1, 0.15) is 21.0 Å². The zero-order valence-corrected chi connectivity index (χ0v) is 29.4. The van der Waals surface area contributed by atoms with E-state index in [-0.39, 0.29) is 0 Å². The van der Waals surface area contributed by atoms with E-state index in [9.17, 15) is 9.59 Å². The zero-order chi connectivity index (χ0) is 31.8. The van der Waals surface area contributed by atoms with Crippen molar-refractivity contribution in [2.75, 3.05) is 28.4 Å². The molecule has 4 aromatic carbocycles. The summed E-state index contributed by atoms with van der Waals surface area (Å²) in [5.41, 5.74) is 5.45. The van der Waals surface area contributed by atoms with E-state index in [4.69, 9.17) is 18.9 Å². The van der Waals surface area contributed by atoms with E-state index in [2.05, 4.69) is 41.8 Å². The fourth-order valence-corrected chi connectivity index (χ4v) is 8.62. The molecule has 228 valence electrons. The first-order valence-corrected chi connectivity index (χ1v) is 16.9. The molecule has 0 amide bonds. The first-order chi connectivity index (χ1) is 21.9. The summed E-state index contributed by atoms with van der Waals surface area (Å²) < 4.78 is 27.1. The third-order valence-electron chi connectivity index (χ3n) is 7.56. The van der Waals surface area contributed by atoms with Crippen LogP contribution in [-0.4, -0.2) is 65.9 Å². The average molecular weight is 797 g/mol. The Kier molecular flexibility index (Phi) is 8.79. The number of halogens is 2. The molecule has 8 nitrogen and oxygen atoms in total. The van der Waals surface area contributed by atoms with Crippen molar-refractivity contribution in [3.63, 3.8) is 0 Å². The summed E-state index contributed by atoms with van der Waals surface area (Å²) in [5, 5.41) is 1.53. The maximum atomic E-state index is 12.5. The number of methoxy groups -OCH3 is 4. The molecule has 6 aromatic rings. The molecule has 0 saturated carbocycles. The van der Waals surface area contributed by atoms with Crippen molar-refractivity contribution < 1.29 is 28.5 Å². The molecule has 0 spiro atoms. The number of hydrogen-bond donors (Lipinski definition) is 2. The van der Waals surface area contributed by atoms with E-state index in [1.54, 1.807) is 28.4 Å². The second kappa shape index (κ2) is 12.8. The third-order valence-corrected chi connectivity index (χ3v) is 11.2. The Hall–Kier alpha value is -4.02. The minimum absolute atomic E-state index is 0.420. The van der Waals surface area contributed by atoms with E-state index in [1.165, 1.54) is 0 Å². The molecule has 45 heavy (non-hydrogen) atoms. The van der Waals surface area contributed by atoms with Gasteiger partial charge in [-0.1, -0.05) is 0 Å². The van der Waals surface area contributed by atoms with Crippen LogP contribution in [0, 0.1) is 0 Å². The monoisotopic (exact) mass is 796 g/mol. The van der Waals surface area contributed by atoms with Crippen LogP contribution >= 0.6 is 31.9 Å². The molecule has 2 aromatic heterocycles. The Morgan fingerprint density at radius 2 is 0.933 bits per heavy atom. The van der Waals surface area contributed by atoms with Gasteiger partial charge in [0, 0.05) is 0 Å². The predicted octanol–water partition coefficient (Wildman–Crippen LogP) is 6.82. The van der Waals surface area contributed by atoms with Crippen molar-refractivity contribution in [2.24, 2.45) is 0 Å². The van der Waals surface area contributed by atoms with Crippen molar-refractivity contribution >= 4 is 90.1 Å². The fraction of sp³-hybridized carbons (Fsp3) is 0.118. The van der Waals surface area contributed by atoms with Gasteiger partial charge in [0.15, 0.2) is 0 Å². The quantitative estimate of drug-likeness (QED) is 0.117. The second-order valence-electron chi connectivity index (χ2n) is 9.90. The second-order valence-corrected chi connectivity index (χ2v) is 13.9. The summed E-state index contributed by atoms with van der Waals surface area (Å²) in [6.07, 6.45) is 1.64. The number of rotatable bonds is 10. The van der Waals surface area contributed by atoms with E-state index < -0.39 is 15.0 Å². The minimum atomic E-state index is -0.490. The number of benzene rings is 4. The third kappa shape index (κ3) is 5.33. The fourth-order valence-electron chi connectivity index (χ4n) is 5.57. The summed E-state index contributed by atoms with van der Waals surface area (Å²) in [5.74, 6) is 2.30. The van der Waals surface area contributed by atoms with Crippen molar-refractivity contribution in [3.05, 3.63) is 81.0 Å². The van der Waals surface area contributed by atoms with Crippen LogP contribution in [0.15, 0.2) is 69.6 Å². The average Bonchev–Trinajstić information content (AvgIpc) is 3.65. The van der Waals surface area contributed by atoms with Crippen LogP contribution in [0.3, 0.4) is 0 Å². The predicted molar refractivity (Wildman–Crippen MR) is 185 cm³/mol. The van der Waals surface area contributed by atoms with Gasteiger partial charge in [0.25, 0.3) is 0 Å². The Balaban J connectivity index is 1.67. The Morgan fingerprint density at radius 3 is 1.24 bits per heavy atom.